The zero-order chi connectivity index (χ0) is 26.3. The average Bonchev–Trinajstić information content (AvgIpc) is 3.61. The Bertz CT molecular complexity index is 1770. The summed E-state index contributed by atoms with van der Waals surface area (Å²) in [7, 11) is 2.19. The van der Waals surface area contributed by atoms with Crippen LogP contribution in [0.5, 0.6) is 0 Å². The van der Waals surface area contributed by atoms with Crippen LogP contribution in [-0.2, 0) is 0 Å². The van der Waals surface area contributed by atoms with Crippen LogP contribution >= 0.6 is 0 Å². The number of aromatic nitrogens is 5. The number of rotatable bonds is 5. The fourth-order valence-corrected chi connectivity index (χ4v) is 5.82. The topological polar surface area (TPSA) is 71.2 Å². The molecular weight excluding hydrogens is 484 g/mol. The lowest BCUT2D eigenvalue weighted by atomic mass is 9.89. The first-order valence-electron chi connectivity index (χ1n) is 13.5. The molecule has 39 heavy (non-hydrogen) atoms. The van der Waals surface area contributed by atoms with Gasteiger partial charge in [0, 0.05) is 11.8 Å². The van der Waals surface area contributed by atoms with E-state index in [4.69, 9.17) is 4.98 Å². The van der Waals surface area contributed by atoms with Crippen molar-refractivity contribution in [3.63, 3.8) is 0 Å². The summed E-state index contributed by atoms with van der Waals surface area (Å²) < 4.78 is 3.36. The number of para-hydroxylation sites is 2. The van der Waals surface area contributed by atoms with Crippen LogP contribution in [0.2, 0.25) is 0 Å². The summed E-state index contributed by atoms with van der Waals surface area (Å²) in [6, 6.07) is 28.2. The van der Waals surface area contributed by atoms with E-state index in [0.29, 0.717) is 17.3 Å². The Morgan fingerprint density at radius 3 is 2.41 bits per heavy atom. The first-order valence-corrected chi connectivity index (χ1v) is 13.5. The van der Waals surface area contributed by atoms with Gasteiger partial charge in [-0.1, -0.05) is 66.7 Å². The summed E-state index contributed by atoms with van der Waals surface area (Å²) in [5.41, 5.74) is 6.63. The Hall–Kier alpha value is -4.49. The number of likely N-dealkylation sites (tertiary alicyclic amines) is 1. The van der Waals surface area contributed by atoms with E-state index in [9.17, 15) is 4.79 Å². The molecule has 194 valence electrons. The molecule has 0 aliphatic carbocycles. The van der Waals surface area contributed by atoms with Gasteiger partial charge < -0.3 is 9.88 Å². The van der Waals surface area contributed by atoms with Gasteiger partial charge in [0.15, 0.2) is 0 Å². The number of benzene rings is 3. The van der Waals surface area contributed by atoms with Crippen molar-refractivity contribution in [1.29, 1.82) is 0 Å². The van der Waals surface area contributed by atoms with Crippen molar-refractivity contribution < 1.29 is 0 Å². The molecule has 1 aliphatic heterocycles. The van der Waals surface area contributed by atoms with Gasteiger partial charge in [0.2, 0.25) is 0 Å². The lowest BCUT2D eigenvalue weighted by molar-refractivity contribution is 0.255. The monoisotopic (exact) mass is 514 g/mol. The molecule has 0 spiro atoms. The minimum atomic E-state index is -0.434. The zero-order valence-electron chi connectivity index (χ0n) is 21.9. The van der Waals surface area contributed by atoms with Gasteiger partial charge in [0.25, 0.3) is 5.56 Å². The maximum Gasteiger partial charge on any atom is 0.278 e. The van der Waals surface area contributed by atoms with Crippen molar-refractivity contribution >= 4 is 16.6 Å². The van der Waals surface area contributed by atoms with Crippen LogP contribution in [0.4, 0.5) is 0 Å². The maximum atomic E-state index is 13.9. The highest BCUT2D eigenvalue weighted by Crippen LogP contribution is 2.30. The molecule has 4 heterocycles. The van der Waals surface area contributed by atoms with Crippen LogP contribution in [-0.4, -0.2) is 49.2 Å². The van der Waals surface area contributed by atoms with Gasteiger partial charge in [-0.2, -0.15) is 5.10 Å². The second-order valence-electron chi connectivity index (χ2n) is 10.6. The first kappa shape index (κ1) is 23.6. The molecule has 1 atom stereocenters. The molecule has 7 heteroatoms. The van der Waals surface area contributed by atoms with E-state index in [-0.39, 0.29) is 5.56 Å². The molecule has 1 aliphatic rings. The summed E-state index contributed by atoms with van der Waals surface area (Å²) >= 11 is 0. The van der Waals surface area contributed by atoms with Crippen LogP contribution in [0.1, 0.15) is 41.8 Å². The molecule has 1 unspecified atom stereocenters. The van der Waals surface area contributed by atoms with Crippen molar-refractivity contribution in [2.45, 2.75) is 24.8 Å². The van der Waals surface area contributed by atoms with Crippen molar-refractivity contribution in [1.82, 2.24) is 29.0 Å². The number of nitrogens with one attached hydrogen (secondary N) is 1. The Morgan fingerprint density at radius 1 is 0.897 bits per heavy atom. The van der Waals surface area contributed by atoms with E-state index in [1.165, 1.54) is 18.4 Å². The Kier molecular flexibility index (Phi) is 5.86. The highest BCUT2D eigenvalue weighted by molar-refractivity contribution is 5.75. The molecule has 3 aromatic heterocycles. The van der Waals surface area contributed by atoms with E-state index in [1.807, 2.05) is 66.9 Å². The Balaban J connectivity index is 1.27. The predicted molar refractivity (Wildman–Crippen MR) is 154 cm³/mol. The fourth-order valence-electron chi connectivity index (χ4n) is 5.82. The Morgan fingerprint density at radius 2 is 1.64 bits per heavy atom. The van der Waals surface area contributed by atoms with Crippen molar-refractivity contribution in [2.75, 3.05) is 20.1 Å². The van der Waals surface area contributed by atoms with Gasteiger partial charge in [-0.05, 0) is 73.8 Å². The molecule has 7 nitrogen and oxygen atoms in total. The third kappa shape index (κ3) is 4.34. The van der Waals surface area contributed by atoms with Gasteiger partial charge in [-0.3, -0.25) is 9.36 Å². The summed E-state index contributed by atoms with van der Waals surface area (Å²) in [4.78, 5) is 24.6. The van der Waals surface area contributed by atoms with E-state index < -0.39 is 6.04 Å². The normalized spacial score (nSPS) is 15.7. The lowest BCUT2D eigenvalue weighted by Crippen LogP contribution is -2.29. The third-order valence-electron chi connectivity index (χ3n) is 8.05. The van der Waals surface area contributed by atoms with Crippen LogP contribution < -0.4 is 5.56 Å². The van der Waals surface area contributed by atoms with E-state index >= 15 is 0 Å². The van der Waals surface area contributed by atoms with Gasteiger partial charge in [0.05, 0.1) is 11.0 Å². The second-order valence-corrected chi connectivity index (χ2v) is 10.6. The van der Waals surface area contributed by atoms with Crippen molar-refractivity contribution in [2.24, 2.45) is 0 Å². The fraction of sp³-hybridized carbons (Fsp3) is 0.219. The number of hydrogen-bond donors (Lipinski definition) is 1. The maximum absolute atomic E-state index is 13.9. The summed E-state index contributed by atoms with van der Waals surface area (Å²) in [6.07, 6.45) is 5.95. The first-order chi connectivity index (χ1) is 19.1. The molecule has 1 fully saturated rings. The molecule has 1 saturated heterocycles. The molecule has 6 aromatic rings. The van der Waals surface area contributed by atoms with Crippen LogP contribution in [0.15, 0.2) is 102 Å². The van der Waals surface area contributed by atoms with Crippen molar-refractivity contribution in [3.8, 4) is 11.1 Å². The number of aromatic amines is 1. The second kappa shape index (κ2) is 9.67. The van der Waals surface area contributed by atoms with Gasteiger partial charge in [-0.25, -0.2) is 9.50 Å². The number of nitrogens with zero attached hydrogens (tertiary/aromatic N) is 5. The smallest absolute Gasteiger partial charge is 0.278 e. The number of imidazole rings is 1. The predicted octanol–water partition coefficient (Wildman–Crippen LogP) is 5.49. The van der Waals surface area contributed by atoms with E-state index in [0.717, 1.165) is 40.8 Å². The lowest BCUT2D eigenvalue weighted by Gasteiger charge is -2.29. The molecule has 0 bridgehead atoms. The largest absolute Gasteiger partial charge is 0.340 e. The molecule has 7 rings (SSSR count). The highest BCUT2D eigenvalue weighted by atomic mass is 16.1. The molecule has 0 amide bonds. The van der Waals surface area contributed by atoms with Crippen molar-refractivity contribution in [3.05, 3.63) is 125 Å². The zero-order valence-corrected chi connectivity index (χ0v) is 21.9. The number of H-pyrrole nitrogens is 1. The Labute approximate surface area is 226 Å². The number of fused-ring (bicyclic) bond motifs is 2. The number of hydrogen-bond acceptors (Lipinski definition) is 4. The standard InChI is InChI=1S/C32H30N6O/c1-36-17-15-24(16-18-36)22-11-13-23(14-12-22)26-19-29-32(39)37(21-33-38(29)20-26)30(25-7-3-2-4-8-25)31-34-27-9-5-6-10-28(27)35-31/h2-14,19-21,24,30H,15-18H2,1H3,(H,34,35). The van der Waals surface area contributed by atoms with E-state index in [2.05, 4.69) is 46.3 Å². The highest BCUT2D eigenvalue weighted by Gasteiger charge is 2.23. The number of piperidine rings is 1. The van der Waals surface area contributed by atoms with Crippen LogP contribution in [0.25, 0.3) is 27.7 Å². The molecule has 0 radical (unpaired) electrons. The summed E-state index contributed by atoms with van der Waals surface area (Å²) in [5.74, 6) is 1.32. The SMILES string of the molecule is CN1CCC(c2ccc(-c3cc4c(=O)n(C(c5ccccc5)c5nc6ccccc6[nH]5)cnn4c3)cc2)CC1. The molecule has 1 N–H and O–H groups in total. The third-order valence-corrected chi connectivity index (χ3v) is 8.05. The molecule has 3 aromatic carbocycles. The minimum absolute atomic E-state index is 0.117. The molecular formula is C32H30N6O. The van der Waals surface area contributed by atoms with E-state index in [1.54, 1.807) is 15.4 Å². The summed E-state index contributed by atoms with van der Waals surface area (Å²) in [6.45, 7) is 2.29. The van der Waals surface area contributed by atoms with Gasteiger partial charge >= 0.3 is 0 Å². The van der Waals surface area contributed by atoms with Crippen LogP contribution in [0, 0.1) is 0 Å². The van der Waals surface area contributed by atoms with Crippen LogP contribution in [0.3, 0.4) is 0 Å². The summed E-state index contributed by atoms with van der Waals surface area (Å²) in [5, 5.41) is 4.65. The minimum Gasteiger partial charge on any atom is -0.340 e. The van der Waals surface area contributed by atoms with Gasteiger partial charge in [-0.15, -0.1) is 0 Å². The molecule has 0 saturated carbocycles. The quantitative estimate of drug-likeness (QED) is 0.330. The average molecular weight is 515 g/mol. The van der Waals surface area contributed by atoms with Gasteiger partial charge in [0.1, 0.15) is 23.7 Å².